The summed E-state index contributed by atoms with van der Waals surface area (Å²) in [6, 6.07) is 0. The predicted octanol–water partition coefficient (Wildman–Crippen LogP) is -3.35. The van der Waals surface area contributed by atoms with Crippen molar-refractivity contribution < 1.29 is 80.7 Å². The predicted molar refractivity (Wildman–Crippen MR) is 40.3 cm³/mol. The molecule has 0 heterocycles. The third-order valence-corrected chi connectivity index (χ3v) is 1.74. The van der Waals surface area contributed by atoms with Crippen molar-refractivity contribution in [1.29, 1.82) is 0 Å². The molecule has 0 spiro atoms. The molecule has 0 radical (unpaired) electrons. The van der Waals surface area contributed by atoms with E-state index in [9.17, 15) is 17.8 Å². The number of esters is 1. The molecule has 5 nitrogen and oxygen atoms in total. The molecule has 0 N–H and O–H groups in total. The van der Waals surface area contributed by atoms with Crippen molar-refractivity contribution in [2.75, 3.05) is 12.4 Å². The van der Waals surface area contributed by atoms with Crippen molar-refractivity contribution in [2.24, 2.45) is 0 Å². The fourth-order valence-electron chi connectivity index (χ4n) is 0.467. The van der Waals surface area contributed by atoms with Crippen LogP contribution in [0.2, 0.25) is 0 Å². The minimum Gasteiger partial charge on any atom is -0.748 e. The molecule has 0 bridgehead atoms. The molecule has 0 aromatic rings. The van der Waals surface area contributed by atoms with Crippen LogP contribution in [0.1, 0.15) is 6.42 Å². The Morgan fingerprint density at radius 1 is 1.54 bits per heavy atom. The number of rotatable bonds is 5. The molecule has 0 unspecified atom stereocenters. The van der Waals surface area contributed by atoms with Crippen molar-refractivity contribution in [3.05, 3.63) is 12.7 Å². The van der Waals surface area contributed by atoms with Gasteiger partial charge in [-0.2, -0.15) is 0 Å². The molecule has 0 aliphatic rings. The molecule has 0 aliphatic heterocycles. The summed E-state index contributed by atoms with van der Waals surface area (Å²) in [6.07, 6.45) is 0.983. The molecule has 0 aromatic carbocycles. The van der Waals surface area contributed by atoms with Gasteiger partial charge < -0.3 is 9.29 Å². The summed E-state index contributed by atoms with van der Waals surface area (Å²) in [5, 5.41) is 0. The molecule has 0 saturated heterocycles. The molecule has 0 rings (SSSR count). The maximum absolute atomic E-state index is 10.4. The van der Waals surface area contributed by atoms with Crippen molar-refractivity contribution in [2.45, 2.75) is 6.42 Å². The van der Waals surface area contributed by atoms with Crippen LogP contribution in [-0.2, 0) is 19.6 Å². The first-order valence-electron chi connectivity index (χ1n) is 3.18. The Balaban J connectivity index is 0. The Kier molecular flexibility index (Phi) is 10.4. The monoisotopic (exact) mass is 278 g/mol. The van der Waals surface area contributed by atoms with Crippen LogP contribution in [0.25, 0.3) is 0 Å². The van der Waals surface area contributed by atoms with Crippen LogP contribution < -0.4 is 58.2 Å². The second kappa shape index (κ2) is 8.25. The molecular formula is C6H9O5RbS. The quantitative estimate of drug-likeness (QED) is 0.227. The SMILES string of the molecule is C=CC(=O)OCCCS(=O)(=O)[O-].[Rb+]. The Morgan fingerprint density at radius 2 is 2.08 bits per heavy atom. The zero-order valence-corrected chi connectivity index (χ0v) is 13.1. The molecule has 0 amide bonds. The van der Waals surface area contributed by atoms with Crippen LogP contribution in [0.4, 0.5) is 0 Å². The molecule has 0 saturated carbocycles. The van der Waals surface area contributed by atoms with E-state index in [0.29, 0.717) is 0 Å². The van der Waals surface area contributed by atoms with Gasteiger partial charge in [0.2, 0.25) is 0 Å². The van der Waals surface area contributed by atoms with Gasteiger partial charge >= 0.3 is 64.2 Å². The van der Waals surface area contributed by atoms with E-state index in [2.05, 4.69) is 11.3 Å². The Morgan fingerprint density at radius 3 is 2.46 bits per heavy atom. The summed E-state index contributed by atoms with van der Waals surface area (Å²) >= 11 is 0. The van der Waals surface area contributed by atoms with Crippen molar-refractivity contribution >= 4 is 16.1 Å². The first-order valence-corrected chi connectivity index (χ1v) is 4.76. The molecule has 0 aliphatic carbocycles. The van der Waals surface area contributed by atoms with Gasteiger partial charge in [0.25, 0.3) is 0 Å². The van der Waals surface area contributed by atoms with E-state index in [0.717, 1.165) is 6.08 Å². The molecule has 13 heavy (non-hydrogen) atoms. The number of hydrogen-bond acceptors (Lipinski definition) is 5. The van der Waals surface area contributed by atoms with Gasteiger partial charge in [-0.3, -0.25) is 0 Å². The third kappa shape index (κ3) is 12.9. The average Bonchev–Trinajstić information content (AvgIpc) is 1.96. The van der Waals surface area contributed by atoms with Gasteiger partial charge in [-0.05, 0) is 6.42 Å². The van der Waals surface area contributed by atoms with Crippen molar-refractivity contribution in [3.8, 4) is 0 Å². The summed E-state index contributed by atoms with van der Waals surface area (Å²) in [5.41, 5.74) is 0. The second-order valence-electron chi connectivity index (χ2n) is 1.99. The van der Waals surface area contributed by atoms with E-state index in [4.69, 9.17) is 0 Å². The normalized spacial score (nSPS) is 9.92. The molecule has 70 valence electrons. The van der Waals surface area contributed by atoms with Crippen molar-refractivity contribution in [3.63, 3.8) is 0 Å². The molecule has 0 fully saturated rings. The maximum atomic E-state index is 10.4. The van der Waals surface area contributed by atoms with Gasteiger partial charge in [-0.25, -0.2) is 13.2 Å². The first-order chi connectivity index (χ1) is 5.45. The van der Waals surface area contributed by atoms with E-state index in [1.165, 1.54) is 0 Å². The van der Waals surface area contributed by atoms with Gasteiger partial charge in [-0.1, -0.05) is 6.58 Å². The molecule has 7 heteroatoms. The standard InChI is InChI=1S/C6H10O5S.Rb/c1-2-6(7)11-4-3-5-12(8,9)10;/h2H,1,3-5H2,(H,8,9,10);/q;+1/p-1. The zero-order valence-electron chi connectivity index (χ0n) is 7.36. The van der Waals surface area contributed by atoms with Gasteiger partial charge in [-0.15, -0.1) is 0 Å². The first kappa shape index (κ1) is 16.4. The van der Waals surface area contributed by atoms with Gasteiger partial charge in [0.15, 0.2) is 0 Å². The van der Waals surface area contributed by atoms with Gasteiger partial charge in [0.1, 0.15) is 0 Å². The number of ether oxygens (including phenoxy) is 1. The van der Waals surface area contributed by atoms with Crippen LogP contribution in [0.3, 0.4) is 0 Å². The number of carbonyl (C=O) groups excluding carboxylic acids is 1. The fraction of sp³-hybridized carbons (Fsp3) is 0.500. The van der Waals surface area contributed by atoms with E-state index in [1.54, 1.807) is 0 Å². The smallest absolute Gasteiger partial charge is 0.748 e. The van der Waals surface area contributed by atoms with Crippen LogP contribution in [0.15, 0.2) is 12.7 Å². The van der Waals surface area contributed by atoms with Crippen LogP contribution >= 0.6 is 0 Å². The topological polar surface area (TPSA) is 83.5 Å². The summed E-state index contributed by atoms with van der Waals surface area (Å²) in [5.74, 6) is -1.14. The van der Waals surface area contributed by atoms with E-state index in [1.807, 2.05) is 0 Å². The van der Waals surface area contributed by atoms with Crippen molar-refractivity contribution in [1.82, 2.24) is 0 Å². The minimum atomic E-state index is -4.20. The Bertz CT molecular complexity index is 258. The second-order valence-corrected chi connectivity index (χ2v) is 3.51. The maximum Gasteiger partial charge on any atom is 1.00 e. The van der Waals surface area contributed by atoms with E-state index < -0.39 is 21.8 Å². The summed E-state index contributed by atoms with van der Waals surface area (Å²) in [6.45, 7) is 3.06. The number of carbonyl (C=O) groups is 1. The Hall–Kier alpha value is 0.925. The third-order valence-electron chi connectivity index (χ3n) is 0.950. The largest absolute Gasteiger partial charge is 1.00 e. The van der Waals surface area contributed by atoms with Crippen LogP contribution in [0, 0.1) is 0 Å². The Labute approximate surface area is 126 Å². The fourth-order valence-corrected chi connectivity index (χ4v) is 0.939. The molecule has 0 atom stereocenters. The van der Waals surface area contributed by atoms with Crippen LogP contribution in [-0.4, -0.2) is 31.3 Å². The molecular weight excluding hydrogens is 270 g/mol. The van der Waals surface area contributed by atoms with Gasteiger partial charge in [0.05, 0.1) is 16.7 Å². The van der Waals surface area contributed by atoms with Crippen LogP contribution in [0.5, 0.6) is 0 Å². The zero-order chi connectivity index (χ0) is 9.61. The minimum absolute atomic E-state index is 0. The summed E-state index contributed by atoms with van der Waals surface area (Å²) in [7, 11) is -4.20. The summed E-state index contributed by atoms with van der Waals surface area (Å²) in [4.78, 5) is 10.4. The average molecular weight is 279 g/mol. The van der Waals surface area contributed by atoms with E-state index >= 15 is 0 Å². The van der Waals surface area contributed by atoms with E-state index in [-0.39, 0.29) is 71.2 Å². The molecule has 0 aromatic heterocycles. The number of hydrogen-bond donors (Lipinski definition) is 0. The van der Waals surface area contributed by atoms with Gasteiger partial charge in [0, 0.05) is 11.8 Å². The summed E-state index contributed by atoms with van der Waals surface area (Å²) < 4.78 is 34.5.